The second-order valence-electron chi connectivity index (χ2n) is 31.0. The smallest absolute Gasteiger partial charge is 0.252 e. The van der Waals surface area contributed by atoms with Gasteiger partial charge in [-0.2, -0.15) is 0 Å². The molecule has 0 saturated heterocycles. The van der Waals surface area contributed by atoms with Gasteiger partial charge in [0.15, 0.2) is 0 Å². The van der Waals surface area contributed by atoms with Crippen LogP contribution in [0.5, 0.6) is 0 Å². The molecule has 3 heterocycles. The number of rotatable bonds is 5. The Morgan fingerprint density at radius 1 is 0.434 bits per heavy atom. The van der Waals surface area contributed by atoms with Crippen LogP contribution in [0.3, 0.4) is 0 Å². The summed E-state index contributed by atoms with van der Waals surface area (Å²) in [6.45, 7) is 41.4. The Morgan fingerprint density at radius 2 is 0.880 bits per heavy atom. The zero-order chi connectivity index (χ0) is 58.5. The Hall–Kier alpha value is -6.98. The largest absolute Gasteiger partial charge is 0.456 e. The number of hydrogen-bond donors (Lipinski definition) is 0. The van der Waals surface area contributed by atoms with E-state index in [1.165, 1.54) is 113 Å². The van der Waals surface area contributed by atoms with Crippen LogP contribution in [0.25, 0.3) is 21.9 Å². The van der Waals surface area contributed by atoms with Crippen molar-refractivity contribution in [2.75, 3.05) is 14.7 Å². The first kappa shape index (κ1) is 54.0. The first-order valence-corrected chi connectivity index (χ1v) is 31.3. The number of anilines is 9. The molecule has 14 rings (SSSR count). The van der Waals surface area contributed by atoms with Crippen LogP contribution in [0.2, 0.25) is 0 Å². The van der Waals surface area contributed by atoms with Crippen LogP contribution >= 0.6 is 0 Å². The van der Waals surface area contributed by atoms with Gasteiger partial charge in [0.1, 0.15) is 11.2 Å². The Bertz CT molecular complexity index is 4160. The normalized spacial score (nSPS) is 19.1. The summed E-state index contributed by atoms with van der Waals surface area (Å²) in [7, 11) is 0. The average Bonchev–Trinajstić information content (AvgIpc) is 1.10. The Labute approximate surface area is 496 Å². The van der Waals surface area contributed by atoms with E-state index in [2.05, 4.69) is 272 Å². The lowest BCUT2D eigenvalue weighted by atomic mass is 9.32. The molecule has 0 spiro atoms. The fourth-order valence-electron chi connectivity index (χ4n) is 16.1. The van der Waals surface area contributed by atoms with Gasteiger partial charge in [0.2, 0.25) is 0 Å². The highest BCUT2D eigenvalue weighted by atomic mass is 16.3. The van der Waals surface area contributed by atoms with Crippen LogP contribution < -0.4 is 31.1 Å². The molecule has 0 fully saturated rings. The second kappa shape index (κ2) is 17.8. The van der Waals surface area contributed by atoms with Crippen molar-refractivity contribution >= 4 is 96.2 Å². The van der Waals surface area contributed by atoms with E-state index in [0.717, 1.165) is 65.4 Å². The number of para-hydroxylation sites is 3. The Balaban J connectivity index is 1.20. The zero-order valence-electron chi connectivity index (χ0n) is 52.8. The summed E-state index contributed by atoms with van der Waals surface area (Å²) in [6.07, 6.45) is 6.87. The molecule has 5 aliphatic rings. The summed E-state index contributed by atoms with van der Waals surface area (Å²) in [5.41, 5.74) is 29.2. The van der Waals surface area contributed by atoms with Crippen LogP contribution in [-0.2, 0) is 37.9 Å². The molecule has 3 aliphatic carbocycles. The third-order valence-electron chi connectivity index (χ3n) is 21.6. The van der Waals surface area contributed by atoms with Gasteiger partial charge in [-0.3, -0.25) is 0 Å². The minimum Gasteiger partial charge on any atom is -0.456 e. The molecule has 0 saturated carbocycles. The van der Waals surface area contributed by atoms with Crippen LogP contribution in [0.15, 0.2) is 144 Å². The number of benzene rings is 8. The zero-order valence-corrected chi connectivity index (χ0v) is 52.8. The average molecular weight is 1090 g/mol. The van der Waals surface area contributed by atoms with Crippen molar-refractivity contribution in [1.29, 1.82) is 0 Å². The van der Waals surface area contributed by atoms with Crippen molar-refractivity contribution in [3.63, 3.8) is 0 Å². The van der Waals surface area contributed by atoms with Gasteiger partial charge in [-0.05, 0) is 212 Å². The highest BCUT2D eigenvalue weighted by Gasteiger charge is 2.50. The van der Waals surface area contributed by atoms with Gasteiger partial charge in [-0.15, -0.1) is 0 Å². The fraction of sp³-hybridized carbons (Fsp3) is 0.385. The van der Waals surface area contributed by atoms with Crippen molar-refractivity contribution in [1.82, 2.24) is 0 Å². The topological polar surface area (TPSA) is 22.9 Å². The Morgan fingerprint density at radius 3 is 1.40 bits per heavy atom. The molecule has 8 aromatic carbocycles. The number of nitrogens with zero attached hydrogens (tertiary/aromatic N) is 3. The van der Waals surface area contributed by atoms with E-state index in [0.29, 0.717) is 0 Å². The molecule has 4 nitrogen and oxygen atoms in total. The van der Waals surface area contributed by atoms with Crippen LogP contribution in [0.1, 0.15) is 192 Å². The van der Waals surface area contributed by atoms with Gasteiger partial charge < -0.3 is 19.1 Å². The lowest BCUT2D eigenvalue weighted by molar-refractivity contribution is 0.332. The van der Waals surface area contributed by atoms with Crippen molar-refractivity contribution < 1.29 is 4.42 Å². The molecule has 1 aromatic heterocycles. The van der Waals surface area contributed by atoms with E-state index in [1.807, 2.05) is 0 Å². The summed E-state index contributed by atoms with van der Waals surface area (Å²) >= 11 is 0. The minimum atomic E-state index is -0.171. The molecule has 83 heavy (non-hydrogen) atoms. The standard InChI is InChI=1S/C78H86BN3O/c1-47-24-18-21-27-61(47)81(62-28-22-19-25-48(62)2)50-41-66-70-67(42-50)82(63-33-32-53(72(3,4)5)71-69(63)51-26-20-23-29-68(51)83-71)65-46-58-56(76(12,13)37-39-78(58,16)17)44-60(65)79(70)59-43-55-57(77(14,15)38-36-75(55,10)11)45-64(59)80(66)49-30-31-52-54(40-49)74(8,9)35-34-73(52,6)7/h18-33,40-46H,34-39H2,1-17H3. The molecule has 2 aliphatic heterocycles. The maximum Gasteiger partial charge on any atom is 0.252 e. The molecule has 9 aromatic rings. The number of aryl methyl sites for hydroxylation is 2. The van der Waals surface area contributed by atoms with Crippen LogP contribution in [0.4, 0.5) is 51.2 Å². The SMILES string of the molecule is Cc1ccccc1N(c1cc2c3c(c1)N(c1ccc(C(C)(C)C)c4oc5ccccc5c14)c1cc4c(cc1B3c1cc3c(cc1N2c1ccc2c(c1)C(C)(C)CCC2(C)C)C(C)(C)CCC3(C)C)C(C)(C)CCC4(C)C)c1ccccc1C. The van der Waals surface area contributed by atoms with E-state index in [-0.39, 0.29) is 44.6 Å². The lowest BCUT2D eigenvalue weighted by Crippen LogP contribution is -2.62. The highest BCUT2D eigenvalue weighted by Crippen LogP contribution is 2.57. The predicted octanol–water partition coefficient (Wildman–Crippen LogP) is 20.1. The van der Waals surface area contributed by atoms with Gasteiger partial charge in [-0.1, -0.05) is 183 Å². The summed E-state index contributed by atoms with van der Waals surface area (Å²) < 4.78 is 7.19. The maximum atomic E-state index is 7.19. The molecule has 0 amide bonds. The molecule has 0 unspecified atom stereocenters. The molecular weight excluding hydrogens is 1010 g/mol. The van der Waals surface area contributed by atoms with E-state index in [4.69, 9.17) is 4.42 Å². The predicted molar refractivity (Wildman–Crippen MR) is 356 cm³/mol. The van der Waals surface area contributed by atoms with Gasteiger partial charge in [0.25, 0.3) is 6.71 Å². The number of fused-ring (bicyclic) bond motifs is 10. The highest BCUT2D eigenvalue weighted by molar-refractivity contribution is 7.00. The van der Waals surface area contributed by atoms with E-state index in [1.54, 1.807) is 0 Å². The summed E-state index contributed by atoms with van der Waals surface area (Å²) in [5, 5.41) is 2.30. The molecule has 5 heteroatoms. The Kier molecular flexibility index (Phi) is 11.6. The van der Waals surface area contributed by atoms with E-state index >= 15 is 0 Å². The number of hydrogen-bond acceptors (Lipinski definition) is 4. The van der Waals surface area contributed by atoms with Gasteiger partial charge in [0, 0.05) is 50.8 Å². The summed E-state index contributed by atoms with van der Waals surface area (Å²) in [6, 6.07) is 55.2. The molecule has 0 N–H and O–H groups in total. The quantitative estimate of drug-likeness (QED) is 0.160. The van der Waals surface area contributed by atoms with Gasteiger partial charge in [-0.25, -0.2) is 0 Å². The third-order valence-corrected chi connectivity index (χ3v) is 21.6. The van der Waals surface area contributed by atoms with E-state index in [9.17, 15) is 0 Å². The lowest BCUT2D eigenvalue weighted by Gasteiger charge is -2.49. The van der Waals surface area contributed by atoms with Crippen molar-refractivity contribution in [3.8, 4) is 0 Å². The monoisotopic (exact) mass is 1090 g/mol. The molecule has 422 valence electrons. The molecular formula is C78H86BN3O. The third kappa shape index (κ3) is 8.04. The van der Waals surface area contributed by atoms with Gasteiger partial charge >= 0.3 is 0 Å². The molecule has 0 radical (unpaired) electrons. The maximum absolute atomic E-state index is 7.19. The van der Waals surface area contributed by atoms with Crippen LogP contribution in [0, 0.1) is 13.8 Å². The van der Waals surface area contributed by atoms with Gasteiger partial charge in [0.05, 0.1) is 16.8 Å². The van der Waals surface area contributed by atoms with E-state index < -0.39 is 0 Å². The summed E-state index contributed by atoms with van der Waals surface area (Å²) in [5.74, 6) is 0. The molecule has 0 bridgehead atoms. The first-order chi connectivity index (χ1) is 39.1. The van der Waals surface area contributed by atoms with Crippen molar-refractivity contribution in [2.24, 2.45) is 0 Å². The summed E-state index contributed by atoms with van der Waals surface area (Å²) in [4.78, 5) is 8.04. The molecule has 0 atom stereocenters. The fourth-order valence-corrected chi connectivity index (χ4v) is 16.1. The first-order valence-electron chi connectivity index (χ1n) is 31.3. The van der Waals surface area contributed by atoms with Crippen molar-refractivity contribution in [2.45, 2.75) is 194 Å². The second-order valence-corrected chi connectivity index (χ2v) is 31.0. The van der Waals surface area contributed by atoms with Crippen LogP contribution in [-0.4, -0.2) is 6.71 Å². The minimum absolute atomic E-state index is 0.00496. The number of furan rings is 1. The van der Waals surface area contributed by atoms with Crippen molar-refractivity contribution in [3.05, 3.63) is 190 Å².